The second-order valence-electron chi connectivity index (χ2n) is 10.7. The number of ketones is 2. The summed E-state index contributed by atoms with van der Waals surface area (Å²) >= 11 is 0. The van der Waals surface area contributed by atoms with E-state index in [1.165, 1.54) is 11.1 Å². The molecule has 2 saturated heterocycles. The highest BCUT2D eigenvalue weighted by Gasteiger charge is 2.45. The number of hydrogen-bond acceptors (Lipinski definition) is 5. The van der Waals surface area contributed by atoms with Gasteiger partial charge in [0.05, 0.1) is 13.2 Å². The summed E-state index contributed by atoms with van der Waals surface area (Å²) in [5.41, 5.74) is 4.92. The summed E-state index contributed by atoms with van der Waals surface area (Å²) < 4.78 is 5.53. The molecule has 5 rings (SSSR count). The molecule has 0 aromatic heterocycles. The van der Waals surface area contributed by atoms with E-state index in [9.17, 15) is 9.59 Å². The van der Waals surface area contributed by atoms with Crippen molar-refractivity contribution in [3.05, 3.63) is 107 Å². The second kappa shape index (κ2) is 12.2. The molecule has 0 amide bonds. The third-order valence-electron chi connectivity index (χ3n) is 8.41. The zero-order valence-corrected chi connectivity index (χ0v) is 22.5. The number of nitrogens with zero attached hydrogens (tertiary/aromatic N) is 2. The number of piperidine rings is 1. The largest absolute Gasteiger partial charge is 0.379 e. The van der Waals surface area contributed by atoms with Crippen molar-refractivity contribution in [3.63, 3.8) is 0 Å². The number of hydrogen-bond donors (Lipinski definition) is 0. The van der Waals surface area contributed by atoms with E-state index in [4.69, 9.17) is 4.74 Å². The summed E-state index contributed by atoms with van der Waals surface area (Å²) in [6.07, 6.45) is 0. The van der Waals surface area contributed by atoms with Gasteiger partial charge in [0, 0.05) is 68.1 Å². The molecule has 0 bridgehead atoms. The van der Waals surface area contributed by atoms with Gasteiger partial charge in [0.15, 0.2) is 11.6 Å². The third kappa shape index (κ3) is 5.80. The molecule has 3 aromatic rings. The van der Waals surface area contributed by atoms with Crippen LogP contribution in [-0.4, -0.2) is 73.8 Å². The fourth-order valence-electron chi connectivity index (χ4n) is 6.12. The molecule has 0 radical (unpaired) electrons. The Bertz CT molecular complexity index is 1180. The molecule has 0 saturated carbocycles. The molecule has 2 heterocycles. The number of ether oxygens (including phenoxy) is 1. The Labute approximate surface area is 226 Å². The van der Waals surface area contributed by atoms with E-state index in [2.05, 4.69) is 41.8 Å². The molecule has 0 aliphatic carbocycles. The van der Waals surface area contributed by atoms with Crippen molar-refractivity contribution in [2.24, 2.45) is 11.8 Å². The van der Waals surface area contributed by atoms with Crippen LogP contribution in [-0.2, 0) is 4.74 Å². The highest BCUT2D eigenvalue weighted by atomic mass is 16.5. The van der Waals surface area contributed by atoms with Gasteiger partial charge in [-0.3, -0.25) is 14.5 Å². The Morgan fingerprint density at radius 1 is 0.711 bits per heavy atom. The first-order chi connectivity index (χ1) is 18.5. The third-order valence-corrected chi connectivity index (χ3v) is 8.41. The van der Waals surface area contributed by atoms with Crippen molar-refractivity contribution in [1.29, 1.82) is 0 Å². The van der Waals surface area contributed by atoms with Crippen LogP contribution >= 0.6 is 0 Å². The van der Waals surface area contributed by atoms with Gasteiger partial charge >= 0.3 is 0 Å². The Balaban J connectivity index is 1.54. The van der Waals surface area contributed by atoms with Crippen LogP contribution in [0, 0.1) is 25.7 Å². The molecule has 2 aliphatic rings. The summed E-state index contributed by atoms with van der Waals surface area (Å²) in [6, 6.07) is 25.5. The zero-order chi connectivity index (χ0) is 26.5. The van der Waals surface area contributed by atoms with Gasteiger partial charge in [0.2, 0.25) is 0 Å². The maximum atomic E-state index is 14.2. The molecule has 38 heavy (non-hydrogen) atoms. The van der Waals surface area contributed by atoms with Gasteiger partial charge in [-0.15, -0.1) is 0 Å². The number of benzene rings is 3. The lowest BCUT2D eigenvalue weighted by Crippen LogP contribution is -2.52. The summed E-state index contributed by atoms with van der Waals surface area (Å²) in [7, 11) is 0. The maximum absolute atomic E-state index is 14.2. The summed E-state index contributed by atoms with van der Waals surface area (Å²) in [4.78, 5) is 33.1. The van der Waals surface area contributed by atoms with Gasteiger partial charge in [0.25, 0.3) is 0 Å². The number of carbonyl (C=O) groups excluding carboxylic acids is 2. The predicted molar refractivity (Wildman–Crippen MR) is 151 cm³/mol. The lowest BCUT2D eigenvalue weighted by molar-refractivity contribution is 0.0258. The molecule has 3 atom stereocenters. The van der Waals surface area contributed by atoms with E-state index in [1.54, 1.807) is 0 Å². The Morgan fingerprint density at radius 2 is 1.24 bits per heavy atom. The molecule has 5 nitrogen and oxygen atoms in total. The van der Waals surface area contributed by atoms with Gasteiger partial charge in [-0.2, -0.15) is 0 Å². The van der Waals surface area contributed by atoms with Crippen molar-refractivity contribution in [1.82, 2.24) is 9.80 Å². The van der Waals surface area contributed by atoms with Crippen LogP contribution in [0.4, 0.5) is 0 Å². The quantitative estimate of drug-likeness (QED) is 0.398. The first-order valence-corrected chi connectivity index (χ1v) is 13.8. The molecule has 2 fully saturated rings. The van der Waals surface area contributed by atoms with E-state index in [0.717, 1.165) is 45.0 Å². The minimum absolute atomic E-state index is 0.124. The molecular formula is C33H38N2O3. The van der Waals surface area contributed by atoms with Gasteiger partial charge in [0.1, 0.15) is 0 Å². The van der Waals surface area contributed by atoms with Gasteiger partial charge in [-0.1, -0.05) is 78.9 Å². The summed E-state index contributed by atoms with van der Waals surface area (Å²) in [6.45, 7) is 10.7. The van der Waals surface area contributed by atoms with Crippen LogP contribution in [0.25, 0.3) is 0 Å². The second-order valence-corrected chi connectivity index (χ2v) is 10.7. The first kappa shape index (κ1) is 26.5. The van der Waals surface area contributed by atoms with E-state index in [-0.39, 0.29) is 29.3 Å². The lowest BCUT2D eigenvalue weighted by Gasteiger charge is -2.44. The maximum Gasteiger partial charge on any atom is 0.167 e. The Hall–Kier alpha value is -3.12. The summed E-state index contributed by atoms with van der Waals surface area (Å²) in [5, 5.41) is 0. The average molecular weight is 511 g/mol. The fraction of sp³-hybridized carbons (Fsp3) is 0.394. The molecule has 0 N–H and O–H groups in total. The number of Topliss-reactive ketones (excluding diaryl/α,β-unsaturated/α-hetero) is 2. The van der Waals surface area contributed by atoms with Gasteiger partial charge in [-0.05, 0) is 30.5 Å². The van der Waals surface area contributed by atoms with Gasteiger partial charge < -0.3 is 9.64 Å². The highest BCUT2D eigenvalue weighted by molar-refractivity contribution is 6.02. The number of rotatable bonds is 8. The topological polar surface area (TPSA) is 49.9 Å². The van der Waals surface area contributed by atoms with Crippen LogP contribution in [0.2, 0.25) is 0 Å². The average Bonchev–Trinajstić information content (AvgIpc) is 2.98. The SMILES string of the molecule is Cc1cccc(C2[C@@H](C(=O)c3ccccc3)CN(CCN3CCOCC3)C[C@H]2C(=O)c2ccccc2)c1C. The zero-order valence-electron chi connectivity index (χ0n) is 22.5. The molecule has 1 unspecified atom stereocenters. The first-order valence-electron chi connectivity index (χ1n) is 13.8. The minimum atomic E-state index is -0.311. The van der Waals surface area contributed by atoms with Crippen LogP contribution < -0.4 is 0 Å². The fourth-order valence-corrected chi connectivity index (χ4v) is 6.12. The van der Waals surface area contributed by atoms with Crippen LogP contribution in [0.3, 0.4) is 0 Å². The van der Waals surface area contributed by atoms with Crippen molar-refractivity contribution in [2.45, 2.75) is 19.8 Å². The number of carbonyl (C=O) groups is 2. The van der Waals surface area contributed by atoms with Crippen LogP contribution in [0.1, 0.15) is 43.3 Å². The normalized spacial score (nSPS) is 22.7. The molecule has 2 aliphatic heterocycles. The van der Waals surface area contributed by atoms with E-state index in [0.29, 0.717) is 24.2 Å². The minimum Gasteiger partial charge on any atom is -0.379 e. The van der Waals surface area contributed by atoms with Crippen LogP contribution in [0.15, 0.2) is 78.9 Å². The summed E-state index contributed by atoms with van der Waals surface area (Å²) in [5.74, 6) is -0.560. The Morgan fingerprint density at radius 3 is 1.79 bits per heavy atom. The Kier molecular flexibility index (Phi) is 8.48. The molecule has 5 heteroatoms. The molecule has 0 spiro atoms. The van der Waals surface area contributed by atoms with Gasteiger partial charge in [-0.25, -0.2) is 0 Å². The smallest absolute Gasteiger partial charge is 0.167 e. The standard InChI is InChI=1S/C33H38N2O3/c1-24-10-9-15-28(25(24)2)31-29(32(36)26-11-5-3-6-12-26)22-35(17-16-34-18-20-38-21-19-34)23-30(31)33(37)27-13-7-4-8-14-27/h3-15,29-31H,16-23H2,1-2H3/t29-,30+,31?. The number of likely N-dealkylation sites (tertiary alicyclic amines) is 1. The molecule has 3 aromatic carbocycles. The van der Waals surface area contributed by atoms with Crippen molar-refractivity contribution < 1.29 is 14.3 Å². The van der Waals surface area contributed by atoms with E-state index in [1.807, 2.05) is 60.7 Å². The predicted octanol–water partition coefficient (Wildman–Crippen LogP) is 5.03. The van der Waals surface area contributed by atoms with Crippen LogP contribution in [0.5, 0.6) is 0 Å². The lowest BCUT2D eigenvalue weighted by atomic mass is 9.67. The van der Waals surface area contributed by atoms with E-state index < -0.39 is 0 Å². The number of aryl methyl sites for hydroxylation is 1. The molecule has 198 valence electrons. The number of morpholine rings is 1. The monoisotopic (exact) mass is 510 g/mol. The van der Waals surface area contributed by atoms with Crippen molar-refractivity contribution in [2.75, 3.05) is 52.5 Å². The van der Waals surface area contributed by atoms with E-state index >= 15 is 0 Å². The van der Waals surface area contributed by atoms with Crippen molar-refractivity contribution >= 4 is 11.6 Å². The highest BCUT2D eigenvalue weighted by Crippen LogP contribution is 2.42. The van der Waals surface area contributed by atoms with Crippen molar-refractivity contribution in [3.8, 4) is 0 Å². The molecular weight excluding hydrogens is 472 g/mol.